The molecule has 78 valence electrons. The molecule has 1 heterocycles. The second-order valence-corrected chi connectivity index (χ2v) is 3.20. The summed E-state index contributed by atoms with van der Waals surface area (Å²) in [5.74, 6) is 0.875. The Labute approximate surface area is 84.5 Å². The monoisotopic (exact) mass is 195 g/mol. The van der Waals surface area contributed by atoms with Crippen LogP contribution in [0, 0.1) is 6.92 Å². The number of rotatable bonds is 5. The third-order valence-corrected chi connectivity index (χ3v) is 2.00. The van der Waals surface area contributed by atoms with Crippen molar-refractivity contribution in [2.75, 3.05) is 25.6 Å². The first kappa shape index (κ1) is 10.9. The molecule has 0 fully saturated rings. The maximum atomic E-state index is 5.59. The summed E-state index contributed by atoms with van der Waals surface area (Å²) < 4.78 is 5.04. The molecule has 3 N–H and O–H groups in total. The number of nitrogens with zero attached hydrogens (tertiary/aromatic N) is 1. The van der Waals surface area contributed by atoms with E-state index in [2.05, 4.69) is 10.3 Å². The Kier molecular flexibility index (Phi) is 4.35. The number of hydrogen-bond donors (Lipinski definition) is 2. The lowest BCUT2D eigenvalue weighted by atomic mass is 10.2. The number of methoxy groups -OCH3 is 1. The molecular formula is C10H17N3O. The van der Waals surface area contributed by atoms with Gasteiger partial charge in [-0.3, -0.25) is 0 Å². The third-order valence-electron chi connectivity index (χ3n) is 2.00. The van der Waals surface area contributed by atoms with Crippen LogP contribution < -0.4 is 11.1 Å². The third kappa shape index (κ3) is 2.97. The molecule has 1 unspecified atom stereocenters. The van der Waals surface area contributed by atoms with Crippen molar-refractivity contribution in [2.45, 2.75) is 13.0 Å². The summed E-state index contributed by atoms with van der Waals surface area (Å²) in [7, 11) is 1.66. The van der Waals surface area contributed by atoms with Gasteiger partial charge in [0.2, 0.25) is 0 Å². The van der Waals surface area contributed by atoms with E-state index in [9.17, 15) is 0 Å². The zero-order chi connectivity index (χ0) is 10.4. The van der Waals surface area contributed by atoms with Crippen LogP contribution in [0.5, 0.6) is 0 Å². The summed E-state index contributed by atoms with van der Waals surface area (Å²) >= 11 is 0. The van der Waals surface area contributed by atoms with Gasteiger partial charge in [0.1, 0.15) is 5.82 Å². The minimum Gasteiger partial charge on any atom is -0.383 e. The topological polar surface area (TPSA) is 60.2 Å². The summed E-state index contributed by atoms with van der Waals surface area (Å²) in [4.78, 5) is 4.23. The standard InChI is InChI=1S/C10H17N3O/c1-8-4-3-5-12-10(8)13-9(6-11)7-14-2/h3-5,9H,6-7,11H2,1-2H3,(H,12,13). The van der Waals surface area contributed by atoms with Crippen molar-refractivity contribution in [2.24, 2.45) is 5.73 Å². The predicted molar refractivity (Wildman–Crippen MR) is 57.3 cm³/mol. The van der Waals surface area contributed by atoms with E-state index in [1.54, 1.807) is 13.3 Å². The highest BCUT2D eigenvalue weighted by molar-refractivity contribution is 5.43. The number of hydrogen-bond acceptors (Lipinski definition) is 4. The zero-order valence-electron chi connectivity index (χ0n) is 8.66. The Morgan fingerprint density at radius 1 is 1.64 bits per heavy atom. The lowest BCUT2D eigenvalue weighted by molar-refractivity contribution is 0.187. The van der Waals surface area contributed by atoms with Gasteiger partial charge in [-0.15, -0.1) is 0 Å². The summed E-state index contributed by atoms with van der Waals surface area (Å²) in [5.41, 5.74) is 6.70. The fourth-order valence-corrected chi connectivity index (χ4v) is 1.20. The summed E-state index contributed by atoms with van der Waals surface area (Å²) in [6.45, 7) is 3.13. The van der Waals surface area contributed by atoms with E-state index in [4.69, 9.17) is 10.5 Å². The normalized spacial score (nSPS) is 12.5. The molecule has 0 amide bonds. The van der Waals surface area contributed by atoms with E-state index in [-0.39, 0.29) is 6.04 Å². The van der Waals surface area contributed by atoms with E-state index in [1.807, 2.05) is 19.1 Å². The Balaban J connectivity index is 2.62. The minimum absolute atomic E-state index is 0.119. The average Bonchev–Trinajstić information content (AvgIpc) is 2.20. The van der Waals surface area contributed by atoms with Crippen LogP contribution in [0.25, 0.3) is 0 Å². The van der Waals surface area contributed by atoms with Crippen LogP contribution in [0.15, 0.2) is 18.3 Å². The number of nitrogens with two attached hydrogens (primary N) is 1. The molecule has 14 heavy (non-hydrogen) atoms. The highest BCUT2D eigenvalue weighted by atomic mass is 16.5. The largest absolute Gasteiger partial charge is 0.383 e. The van der Waals surface area contributed by atoms with Crippen molar-refractivity contribution >= 4 is 5.82 Å². The number of aromatic nitrogens is 1. The summed E-state index contributed by atoms with van der Waals surface area (Å²) in [6.07, 6.45) is 1.76. The Morgan fingerprint density at radius 3 is 3.00 bits per heavy atom. The Morgan fingerprint density at radius 2 is 2.43 bits per heavy atom. The van der Waals surface area contributed by atoms with Crippen LogP contribution in [0.4, 0.5) is 5.82 Å². The molecule has 0 radical (unpaired) electrons. The number of anilines is 1. The van der Waals surface area contributed by atoms with Crippen molar-refractivity contribution in [3.8, 4) is 0 Å². The van der Waals surface area contributed by atoms with Gasteiger partial charge in [-0.05, 0) is 18.6 Å². The predicted octanol–water partition coefficient (Wildman–Crippen LogP) is 0.776. The minimum atomic E-state index is 0.119. The first-order chi connectivity index (χ1) is 6.77. The molecule has 4 heteroatoms. The molecule has 0 spiro atoms. The van der Waals surface area contributed by atoms with Crippen molar-refractivity contribution in [3.63, 3.8) is 0 Å². The van der Waals surface area contributed by atoms with Crippen LogP contribution >= 0.6 is 0 Å². The fraction of sp³-hybridized carbons (Fsp3) is 0.500. The lowest BCUT2D eigenvalue weighted by Crippen LogP contribution is -2.33. The summed E-state index contributed by atoms with van der Waals surface area (Å²) in [5, 5.41) is 3.24. The van der Waals surface area contributed by atoms with Crippen LogP contribution in [-0.2, 0) is 4.74 Å². The van der Waals surface area contributed by atoms with Gasteiger partial charge in [0, 0.05) is 19.9 Å². The van der Waals surface area contributed by atoms with Gasteiger partial charge in [-0.2, -0.15) is 0 Å². The second-order valence-electron chi connectivity index (χ2n) is 3.20. The van der Waals surface area contributed by atoms with Gasteiger partial charge in [-0.25, -0.2) is 4.98 Å². The maximum Gasteiger partial charge on any atom is 0.129 e. The SMILES string of the molecule is COCC(CN)Nc1ncccc1C. The molecule has 0 aliphatic carbocycles. The van der Waals surface area contributed by atoms with E-state index >= 15 is 0 Å². The van der Waals surface area contributed by atoms with E-state index < -0.39 is 0 Å². The molecule has 0 aromatic carbocycles. The van der Waals surface area contributed by atoms with Gasteiger partial charge in [-0.1, -0.05) is 6.07 Å². The van der Waals surface area contributed by atoms with Gasteiger partial charge in [0.25, 0.3) is 0 Å². The van der Waals surface area contributed by atoms with E-state index in [0.29, 0.717) is 13.2 Å². The molecule has 0 aliphatic heterocycles. The van der Waals surface area contributed by atoms with E-state index in [1.165, 1.54) is 0 Å². The molecule has 4 nitrogen and oxygen atoms in total. The number of pyridine rings is 1. The lowest BCUT2D eigenvalue weighted by Gasteiger charge is -2.17. The highest BCUT2D eigenvalue weighted by Crippen LogP contribution is 2.10. The van der Waals surface area contributed by atoms with Gasteiger partial charge < -0.3 is 15.8 Å². The van der Waals surface area contributed by atoms with Gasteiger partial charge >= 0.3 is 0 Å². The van der Waals surface area contributed by atoms with Crippen molar-refractivity contribution in [3.05, 3.63) is 23.9 Å². The van der Waals surface area contributed by atoms with Crippen LogP contribution in [0.2, 0.25) is 0 Å². The Bertz CT molecular complexity index is 278. The van der Waals surface area contributed by atoms with Crippen molar-refractivity contribution < 1.29 is 4.74 Å². The quantitative estimate of drug-likeness (QED) is 0.728. The average molecular weight is 195 g/mol. The van der Waals surface area contributed by atoms with Crippen molar-refractivity contribution in [1.82, 2.24) is 4.98 Å². The van der Waals surface area contributed by atoms with Gasteiger partial charge in [0.15, 0.2) is 0 Å². The molecule has 0 aliphatic rings. The van der Waals surface area contributed by atoms with Crippen LogP contribution in [0.1, 0.15) is 5.56 Å². The summed E-state index contributed by atoms with van der Waals surface area (Å²) in [6, 6.07) is 4.04. The molecule has 0 saturated heterocycles. The molecule has 1 atom stereocenters. The molecule has 1 aromatic heterocycles. The number of nitrogens with one attached hydrogen (secondary N) is 1. The molecule has 0 saturated carbocycles. The first-order valence-electron chi connectivity index (χ1n) is 4.65. The molecule has 1 aromatic rings. The van der Waals surface area contributed by atoms with Gasteiger partial charge in [0.05, 0.1) is 12.6 Å². The van der Waals surface area contributed by atoms with Crippen LogP contribution in [-0.4, -0.2) is 31.3 Å². The highest BCUT2D eigenvalue weighted by Gasteiger charge is 2.07. The maximum absolute atomic E-state index is 5.59. The number of ether oxygens (including phenoxy) is 1. The van der Waals surface area contributed by atoms with E-state index in [0.717, 1.165) is 11.4 Å². The fourth-order valence-electron chi connectivity index (χ4n) is 1.20. The zero-order valence-corrected chi connectivity index (χ0v) is 8.66. The van der Waals surface area contributed by atoms with Crippen molar-refractivity contribution in [1.29, 1.82) is 0 Å². The smallest absolute Gasteiger partial charge is 0.129 e. The van der Waals surface area contributed by atoms with Crippen LogP contribution in [0.3, 0.4) is 0 Å². The molecule has 0 bridgehead atoms. The Hall–Kier alpha value is -1.13. The molecular weight excluding hydrogens is 178 g/mol. The molecule has 1 rings (SSSR count). The second kappa shape index (κ2) is 5.57. The number of aryl methyl sites for hydroxylation is 1. The first-order valence-corrected chi connectivity index (χ1v) is 4.65.